The van der Waals surface area contributed by atoms with Crippen molar-refractivity contribution in [1.29, 1.82) is 0 Å². The largest absolute Gasteiger partial charge is 0.395 e. The predicted octanol–water partition coefficient (Wildman–Crippen LogP) is 2.39. The van der Waals surface area contributed by atoms with Gasteiger partial charge >= 0.3 is 0 Å². The number of imidazole rings is 1. The lowest BCUT2D eigenvalue weighted by molar-refractivity contribution is 0.122. The Morgan fingerprint density at radius 1 is 1.14 bits per heavy atom. The fourth-order valence-corrected chi connectivity index (χ4v) is 3.50. The second kappa shape index (κ2) is 8.62. The molecule has 1 aliphatic rings. The molecule has 9 heteroatoms. The fourth-order valence-electron chi connectivity index (χ4n) is 3.50. The van der Waals surface area contributed by atoms with Crippen LogP contribution in [0.2, 0.25) is 0 Å². The highest BCUT2D eigenvalue weighted by atomic mass is 16.5. The van der Waals surface area contributed by atoms with Crippen LogP contribution >= 0.6 is 0 Å². The number of anilines is 4. The summed E-state index contributed by atoms with van der Waals surface area (Å²) in [7, 11) is 0. The number of morpholine rings is 1. The van der Waals surface area contributed by atoms with Gasteiger partial charge in [0.05, 0.1) is 19.8 Å². The number of hydrogen-bond acceptors (Lipinski definition) is 8. The van der Waals surface area contributed by atoms with Gasteiger partial charge in [-0.3, -0.25) is 4.57 Å². The molecule has 0 radical (unpaired) electrons. The van der Waals surface area contributed by atoms with Crippen molar-refractivity contribution in [1.82, 2.24) is 19.5 Å². The molecule has 0 bridgehead atoms. The fraction of sp³-hybridized carbons (Fsp3) is 0.450. The minimum absolute atomic E-state index is 0.0248. The van der Waals surface area contributed by atoms with E-state index in [1.54, 1.807) is 0 Å². The van der Waals surface area contributed by atoms with Crippen LogP contribution in [-0.2, 0) is 4.74 Å². The smallest absolute Gasteiger partial charge is 0.210 e. The predicted molar refractivity (Wildman–Crippen MR) is 114 cm³/mol. The van der Waals surface area contributed by atoms with E-state index in [1.165, 1.54) is 12.0 Å². The summed E-state index contributed by atoms with van der Waals surface area (Å²) in [6.45, 7) is 7.99. The maximum atomic E-state index is 9.10. The van der Waals surface area contributed by atoms with Gasteiger partial charge in [-0.2, -0.15) is 0 Å². The molecule has 2 aromatic heterocycles. The molecule has 3 aromatic rings. The molecule has 4 rings (SSSR count). The summed E-state index contributed by atoms with van der Waals surface area (Å²) in [5.74, 6) is 1.33. The number of fused-ring (bicyclic) bond motifs is 1. The molecule has 0 atom stereocenters. The first kappa shape index (κ1) is 19.4. The number of hydrogen-bond donors (Lipinski definition) is 3. The average molecular weight is 397 g/mol. The lowest BCUT2D eigenvalue weighted by Crippen LogP contribution is -2.36. The first-order valence-corrected chi connectivity index (χ1v) is 9.95. The molecule has 1 fully saturated rings. The molecule has 3 N–H and O–H groups in total. The molecule has 1 aromatic carbocycles. The molecule has 0 amide bonds. The SMILES string of the molecule is CC(C)n1c(Nc2ccc(N3CCOCC3)cc2)nc2c(NCCO)ncnc21. The Morgan fingerprint density at radius 3 is 2.59 bits per heavy atom. The van der Waals surface area contributed by atoms with Gasteiger partial charge in [0.15, 0.2) is 17.0 Å². The van der Waals surface area contributed by atoms with Crippen LogP contribution in [0.25, 0.3) is 11.2 Å². The van der Waals surface area contributed by atoms with Gasteiger partial charge in [0.25, 0.3) is 0 Å². The molecular weight excluding hydrogens is 370 g/mol. The van der Waals surface area contributed by atoms with E-state index < -0.39 is 0 Å². The second-order valence-electron chi connectivity index (χ2n) is 7.22. The summed E-state index contributed by atoms with van der Waals surface area (Å²) < 4.78 is 7.48. The zero-order valence-corrected chi connectivity index (χ0v) is 16.8. The molecule has 9 nitrogen and oxygen atoms in total. The van der Waals surface area contributed by atoms with Gasteiger partial charge in [0.2, 0.25) is 5.95 Å². The van der Waals surface area contributed by atoms with E-state index in [0.717, 1.165) is 37.6 Å². The van der Waals surface area contributed by atoms with E-state index in [4.69, 9.17) is 14.8 Å². The number of aliphatic hydroxyl groups excluding tert-OH is 1. The van der Waals surface area contributed by atoms with Crippen LogP contribution in [0.15, 0.2) is 30.6 Å². The highest BCUT2D eigenvalue weighted by Crippen LogP contribution is 2.29. The van der Waals surface area contributed by atoms with Crippen molar-refractivity contribution >= 4 is 34.3 Å². The number of nitrogens with one attached hydrogen (secondary N) is 2. The molecule has 29 heavy (non-hydrogen) atoms. The zero-order chi connectivity index (χ0) is 20.2. The Labute approximate surface area is 169 Å². The number of ether oxygens (including phenoxy) is 1. The number of aromatic nitrogens is 4. The van der Waals surface area contributed by atoms with Crippen molar-refractivity contribution < 1.29 is 9.84 Å². The lowest BCUT2D eigenvalue weighted by Gasteiger charge is -2.28. The molecule has 0 unspecified atom stereocenters. The summed E-state index contributed by atoms with van der Waals surface area (Å²) in [5, 5.41) is 15.6. The molecule has 0 saturated carbocycles. The van der Waals surface area contributed by atoms with Crippen molar-refractivity contribution in [2.24, 2.45) is 0 Å². The van der Waals surface area contributed by atoms with E-state index in [-0.39, 0.29) is 12.6 Å². The van der Waals surface area contributed by atoms with E-state index in [1.807, 2.05) is 0 Å². The number of aliphatic hydroxyl groups is 1. The van der Waals surface area contributed by atoms with Crippen LogP contribution in [0.1, 0.15) is 19.9 Å². The van der Waals surface area contributed by atoms with Gasteiger partial charge in [0.1, 0.15) is 6.33 Å². The summed E-state index contributed by atoms with van der Waals surface area (Å²) in [6, 6.07) is 8.51. The van der Waals surface area contributed by atoms with E-state index in [0.29, 0.717) is 23.8 Å². The minimum Gasteiger partial charge on any atom is -0.395 e. The van der Waals surface area contributed by atoms with Gasteiger partial charge in [-0.15, -0.1) is 0 Å². The molecule has 0 spiro atoms. The van der Waals surface area contributed by atoms with Crippen LogP contribution in [0.4, 0.5) is 23.1 Å². The third-order valence-electron chi connectivity index (χ3n) is 4.90. The van der Waals surface area contributed by atoms with Gasteiger partial charge in [0, 0.05) is 37.1 Å². The molecule has 3 heterocycles. The highest BCUT2D eigenvalue weighted by Gasteiger charge is 2.18. The number of nitrogens with zero attached hydrogens (tertiary/aromatic N) is 5. The summed E-state index contributed by atoms with van der Waals surface area (Å²) in [5.41, 5.74) is 3.58. The van der Waals surface area contributed by atoms with Crippen molar-refractivity contribution in [2.75, 3.05) is 55.0 Å². The van der Waals surface area contributed by atoms with E-state index in [2.05, 4.69) is 68.2 Å². The van der Waals surface area contributed by atoms with Gasteiger partial charge in [-0.25, -0.2) is 15.0 Å². The Hall–Kier alpha value is -2.91. The Balaban J connectivity index is 1.62. The Kier molecular flexibility index (Phi) is 5.77. The van der Waals surface area contributed by atoms with Crippen LogP contribution < -0.4 is 15.5 Å². The summed E-state index contributed by atoms with van der Waals surface area (Å²) in [6.07, 6.45) is 1.52. The van der Waals surface area contributed by atoms with Crippen LogP contribution in [0.5, 0.6) is 0 Å². The first-order valence-electron chi connectivity index (χ1n) is 9.95. The molecule has 1 saturated heterocycles. The third kappa shape index (κ3) is 4.10. The maximum absolute atomic E-state index is 9.10. The van der Waals surface area contributed by atoms with Gasteiger partial charge < -0.3 is 25.4 Å². The summed E-state index contributed by atoms with van der Waals surface area (Å²) >= 11 is 0. The zero-order valence-electron chi connectivity index (χ0n) is 16.8. The Bertz CT molecular complexity index is 949. The van der Waals surface area contributed by atoms with Gasteiger partial charge in [-0.1, -0.05) is 0 Å². The van der Waals surface area contributed by atoms with E-state index in [9.17, 15) is 0 Å². The van der Waals surface area contributed by atoms with Crippen molar-refractivity contribution in [3.8, 4) is 0 Å². The summed E-state index contributed by atoms with van der Waals surface area (Å²) in [4.78, 5) is 15.8. The topological polar surface area (TPSA) is 100 Å². The van der Waals surface area contributed by atoms with Crippen molar-refractivity contribution in [2.45, 2.75) is 19.9 Å². The monoisotopic (exact) mass is 397 g/mol. The lowest BCUT2D eigenvalue weighted by atomic mass is 10.2. The average Bonchev–Trinajstić information content (AvgIpc) is 3.12. The quantitative estimate of drug-likeness (QED) is 0.559. The number of benzene rings is 1. The Morgan fingerprint density at radius 2 is 1.90 bits per heavy atom. The molecule has 1 aliphatic heterocycles. The second-order valence-corrected chi connectivity index (χ2v) is 7.22. The minimum atomic E-state index is 0.0248. The van der Waals surface area contributed by atoms with Crippen molar-refractivity contribution in [3.63, 3.8) is 0 Å². The first-order chi connectivity index (χ1) is 14.2. The van der Waals surface area contributed by atoms with E-state index >= 15 is 0 Å². The maximum Gasteiger partial charge on any atom is 0.210 e. The normalized spacial score (nSPS) is 14.6. The standard InChI is InChI=1S/C20H27N7O2/c1-14(2)27-19-17(18(21-7-10-28)22-13-23-19)25-20(27)24-15-3-5-16(6-4-15)26-8-11-29-12-9-26/h3-6,13-14,28H,7-12H2,1-2H3,(H,24,25)(H,21,22,23). The van der Waals surface area contributed by atoms with Crippen LogP contribution in [0.3, 0.4) is 0 Å². The molecule has 0 aliphatic carbocycles. The van der Waals surface area contributed by atoms with Gasteiger partial charge in [-0.05, 0) is 38.1 Å². The van der Waals surface area contributed by atoms with Crippen LogP contribution in [-0.4, -0.2) is 64.1 Å². The number of rotatable bonds is 7. The third-order valence-corrected chi connectivity index (χ3v) is 4.90. The molecular formula is C20H27N7O2. The highest BCUT2D eigenvalue weighted by molar-refractivity contribution is 5.86. The van der Waals surface area contributed by atoms with Crippen molar-refractivity contribution in [3.05, 3.63) is 30.6 Å². The molecule has 154 valence electrons. The van der Waals surface area contributed by atoms with Crippen LogP contribution in [0, 0.1) is 0 Å².